The van der Waals surface area contributed by atoms with Gasteiger partial charge in [-0.05, 0) is 35.4 Å². The molecule has 1 heterocycles. The minimum Gasteiger partial charge on any atom is -0.454 e. The zero-order chi connectivity index (χ0) is 13.2. The van der Waals surface area contributed by atoms with E-state index in [0.717, 1.165) is 22.6 Å². The highest BCUT2D eigenvalue weighted by Gasteiger charge is 2.14. The molecule has 0 spiro atoms. The third-order valence-corrected chi connectivity index (χ3v) is 2.80. The van der Waals surface area contributed by atoms with Gasteiger partial charge in [0.2, 0.25) is 6.79 Å². The van der Waals surface area contributed by atoms with Gasteiger partial charge in [-0.2, -0.15) is 0 Å². The highest BCUT2D eigenvalue weighted by molar-refractivity contribution is 5.72. The standard InChI is InChI=1S/C15H12O4/c1-10(16)19-13-4-2-3-11(7-13)12-5-6-14-15(8-12)18-9-17-14/h2-8H,9H2,1H3. The maximum atomic E-state index is 11.0. The van der Waals surface area contributed by atoms with Gasteiger partial charge in [0.15, 0.2) is 11.5 Å². The summed E-state index contributed by atoms with van der Waals surface area (Å²) in [6, 6.07) is 13.1. The summed E-state index contributed by atoms with van der Waals surface area (Å²) >= 11 is 0. The van der Waals surface area contributed by atoms with Crippen molar-refractivity contribution in [2.45, 2.75) is 6.92 Å². The van der Waals surface area contributed by atoms with Crippen LogP contribution in [0.1, 0.15) is 6.92 Å². The lowest BCUT2D eigenvalue weighted by Crippen LogP contribution is -2.01. The first-order valence-corrected chi connectivity index (χ1v) is 5.91. The predicted octanol–water partition coefficient (Wildman–Crippen LogP) is 3.01. The van der Waals surface area contributed by atoms with Crippen molar-refractivity contribution in [3.05, 3.63) is 42.5 Å². The molecule has 0 aliphatic carbocycles. The fourth-order valence-electron chi connectivity index (χ4n) is 1.98. The number of carbonyl (C=O) groups excluding carboxylic acids is 1. The van der Waals surface area contributed by atoms with E-state index in [4.69, 9.17) is 14.2 Å². The van der Waals surface area contributed by atoms with Gasteiger partial charge in [-0.15, -0.1) is 0 Å². The third-order valence-electron chi connectivity index (χ3n) is 2.80. The molecule has 2 aromatic carbocycles. The Kier molecular flexibility index (Phi) is 2.83. The fraction of sp³-hybridized carbons (Fsp3) is 0.133. The predicted molar refractivity (Wildman–Crippen MR) is 69.3 cm³/mol. The fourth-order valence-corrected chi connectivity index (χ4v) is 1.98. The number of hydrogen-bond acceptors (Lipinski definition) is 4. The molecule has 0 saturated carbocycles. The molecule has 0 saturated heterocycles. The molecule has 4 nitrogen and oxygen atoms in total. The van der Waals surface area contributed by atoms with Gasteiger partial charge >= 0.3 is 5.97 Å². The van der Waals surface area contributed by atoms with Crippen molar-refractivity contribution in [1.82, 2.24) is 0 Å². The molecule has 0 bridgehead atoms. The monoisotopic (exact) mass is 256 g/mol. The molecule has 0 radical (unpaired) electrons. The summed E-state index contributed by atoms with van der Waals surface area (Å²) in [5, 5.41) is 0. The number of rotatable bonds is 2. The SMILES string of the molecule is CC(=O)Oc1cccc(-c2ccc3c(c2)OCO3)c1. The average Bonchev–Trinajstić information content (AvgIpc) is 2.85. The van der Waals surface area contributed by atoms with Crippen molar-refractivity contribution >= 4 is 5.97 Å². The molecule has 0 fully saturated rings. The van der Waals surface area contributed by atoms with E-state index in [0.29, 0.717) is 5.75 Å². The highest BCUT2D eigenvalue weighted by atomic mass is 16.7. The van der Waals surface area contributed by atoms with Crippen molar-refractivity contribution in [3.8, 4) is 28.4 Å². The van der Waals surface area contributed by atoms with Gasteiger partial charge in [0.05, 0.1) is 0 Å². The number of ether oxygens (including phenoxy) is 3. The van der Waals surface area contributed by atoms with Crippen LogP contribution in [0, 0.1) is 0 Å². The quantitative estimate of drug-likeness (QED) is 0.612. The first-order valence-electron chi connectivity index (χ1n) is 5.91. The van der Waals surface area contributed by atoms with Crippen LogP contribution in [0.3, 0.4) is 0 Å². The van der Waals surface area contributed by atoms with Crippen LogP contribution in [0.25, 0.3) is 11.1 Å². The van der Waals surface area contributed by atoms with Crippen LogP contribution in [0.2, 0.25) is 0 Å². The second-order valence-corrected chi connectivity index (χ2v) is 4.19. The van der Waals surface area contributed by atoms with E-state index in [-0.39, 0.29) is 12.8 Å². The normalized spacial score (nSPS) is 12.3. The molecule has 4 heteroatoms. The Morgan fingerprint density at radius 3 is 2.68 bits per heavy atom. The first kappa shape index (κ1) is 11.6. The van der Waals surface area contributed by atoms with Crippen LogP contribution >= 0.6 is 0 Å². The molecule has 0 unspecified atom stereocenters. The molecule has 96 valence electrons. The Balaban J connectivity index is 1.95. The Hall–Kier alpha value is -2.49. The van der Waals surface area contributed by atoms with Gasteiger partial charge in [0.25, 0.3) is 0 Å². The summed E-state index contributed by atoms with van der Waals surface area (Å²) in [7, 11) is 0. The van der Waals surface area contributed by atoms with Gasteiger partial charge < -0.3 is 14.2 Å². The van der Waals surface area contributed by atoms with Gasteiger partial charge in [-0.3, -0.25) is 4.79 Å². The van der Waals surface area contributed by atoms with Crippen molar-refractivity contribution in [2.24, 2.45) is 0 Å². The highest BCUT2D eigenvalue weighted by Crippen LogP contribution is 2.36. The number of esters is 1. The van der Waals surface area contributed by atoms with Gasteiger partial charge in [-0.1, -0.05) is 18.2 Å². The van der Waals surface area contributed by atoms with E-state index >= 15 is 0 Å². The Bertz CT molecular complexity index is 634. The van der Waals surface area contributed by atoms with E-state index in [1.165, 1.54) is 6.92 Å². The van der Waals surface area contributed by atoms with Gasteiger partial charge in [-0.25, -0.2) is 0 Å². The zero-order valence-corrected chi connectivity index (χ0v) is 10.4. The molecular weight excluding hydrogens is 244 g/mol. The van der Waals surface area contributed by atoms with Crippen LogP contribution in [0.5, 0.6) is 17.2 Å². The lowest BCUT2D eigenvalue weighted by Gasteiger charge is -2.06. The molecule has 2 aromatic rings. The molecule has 0 atom stereocenters. The largest absolute Gasteiger partial charge is 0.454 e. The number of carbonyl (C=O) groups is 1. The van der Waals surface area contributed by atoms with E-state index in [1.54, 1.807) is 6.07 Å². The summed E-state index contributed by atoms with van der Waals surface area (Å²) in [5.41, 5.74) is 1.94. The Labute approximate surface area is 110 Å². The molecule has 0 aromatic heterocycles. The number of benzene rings is 2. The summed E-state index contributed by atoms with van der Waals surface area (Å²) < 4.78 is 15.7. The molecule has 19 heavy (non-hydrogen) atoms. The van der Waals surface area contributed by atoms with Crippen LogP contribution in [-0.2, 0) is 4.79 Å². The van der Waals surface area contributed by atoms with Crippen LogP contribution in [-0.4, -0.2) is 12.8 Å². The molecule has 1 aliphatic rings. The van der Waals surface area contributed by atoms with E-state index in [9.17, 15) is 4.79 Å². The Morgan fingerprint density at radius 1 is 1.05 bits per heavy atom. The maximum absolute atomic E-state index is 11.0. The van der Waals surface area contributed by atoms with Gasteiger partial charge in [0, 0.05) is 6.92 Å². The summed E-state index contributed by atoms with van der Waals surface area (Å²) in [6.45, 7) is 1.64. The van der Waals surface area contributed by atoms with Crippen LogP contribution in [0.15, 0.2) is 42.5 Å². The molecule has 0 amide bonds. The summed E-state index contributed by atoms with van der Waals surface area (Å²) in [6.07, 6.45) is 0. The second-order valence-electron chi connectivity index (χ2n) is 4.19. The lowest BCUT2D eigenvalue weighted by atomic mass is 10.0. The minimum atomic E-state index is -0.331. The molecule has 0 N–H and O–H groups in total. The summed E-state index contributed by atoms with van der Waals surface area (Å²) in [4.78, 5) is 11.0. The van der Waals surface area contributed by atoms with E-state index in [1.807, 2.05) is 36.4 Å². The Morgan fingerprint density at radius 2 is 1.84 bits per heavy atom. The van der Waals surface area contributed by atoms with E-state index < -0.39 is 0 Å². The second kappa shape index (κ2) is 4.65. The van der Waals surface area contributed by atoms with Gasteiger partial charge in [0.1, 0.15) is 5.75 Å². The summed E-state index contributed by atoms with van der Waals surface area (Å²) in [5.74, 6) is 1.68. The van der Waals surface area contributed by atoms with Crippen LogP contribution in [0.4, 0.5) is 0 Å². The number of hydrogen-bond donors (Lipinski definition) is 0. The maximum Gasteiger partial charge on any atom is 0.308 e. The van der Waals surface area contributed by atoms with Crippen molar-refractivity contribution < 1.29 is 19.0 Å². The lowest BCUT2D eigenvalue weighted by molar-refractivity contribution is -0.131. The first-order chi connectivity index (χ1) is 9.22. The van der Waals surface area contributed by atoms with Crippen molar-refractivity contribution in [1.29, 1.82) is 0 Å². The molecule has 3 rings (SSSR count). The molecular formula is C15H12O4. The van der Waals surface area contributed by atoms with Crippen LogP contribution < -0.4 is 14.2 Å². The van der Waals surface area contributed by atoms with Crippen molar-refractivity contribution in [3.63, 3.8) is 0 Å². The minimum absolute atomic E-state index is 0.256. The van der Waals surface area contributed by atoms with E-state index in [2.05, 4.69) is 0 Å². The molecule has 1 aliphatic heterocycles. The third kappa shape index (κ3) is 2.38. The van der Waals surface area contributed by atoms with Crippen molar-refractivity contribution in [2.75, 3.05) is 6.79 Å². The smallest absolute Gasteiger partial charge is 0.308 e. The topological polar surface area (TPSA) is 44.8 Å². The zero-order valence-electron chi connectivity index (χ0n) is 10.4. The number of fused-ring (bicyclic) bond motifs is 1. The average molecular weight is 256 g/mol.